The lowest BCUT2D eigenvalue weighted by Gasteiger charge is -2.15. The maximum Gasteiger partial charge on any atom is 0.262 e. The number of methoxy groups -OCH3 is 1. The maximum atomic E-state index is 12.4. The molecule has 152 valence electrons. The third-order valence-electron chi connectivity index (χ3n) is 4.84. The molecule has 2 aromatic rings. The number of benzene rings is 2. The molecule has 0 unspecified atom stereocenters. The van der Waals surface area contributed by atoms with Crippen LogP contribution < -0.4 is 20.1 Å². The van der Waals surface area contributed by atoms with E-state index in [4.69, 9.17) is 9.47 Å². The molecule has 0 saturated carbocycles. The molecular formula is C22H24N2O5. The first-order chi connectivity index (χ1) is 13.8. The summed E-state index contributed by atoms with van der Waals surface area (Å²) in [6.07, 6.45) is 0.454. The Balaban J connectivity index is 1.73. The minimum atomic E-state index is -0.406. The second-order valence-electron chi connectivity index (χ2n) is 7.13. The number of hydrogen-bond donors (Lipinski definition) is 2. The molecule has 3 rings (SSSR count). The van der Waals surface area contributed by atoms with Gasteiger partial charge in [0, 0.05) is 19.0 Å². The summed E-state index contributed by atoms with van der Waals surface area (Å²) < 4.78 is 10.9. The number of aryl methyl sites for hydroxylation is 1. The van der Waals surface area contributed by atoms with Crippen molar-refractivity contribution in [2.24, 2.45) is 0 Å². The number of carbonyl (C=O) groups excluding carboxylic acids is 3. The van der Waals surface area contributed by atoms with E-state index < -0.39 is 5.91 Å². The molecule has 1 atom stereocenters. The lowest BCUT2D eigenvalue weighted by Crippen LogP contribution is -2.21. The fourth-order valence-electron chi connectivity index (χ4n) is 3.65. The third kappa shape index (κ3) is 4.39. The fraction of sp³-hybridized carbons (Fsp3) is 0.318. The van der Waals surface area contributed by atoms with Crippen LogP contribution in [0.4, 0.5) is 11.4 Å². The number of hydrogen-bond acceptors (Lipinski definition) is 5. The molecule has 2 aromatic carbocycles. The van der Waals surface area contributed by atoms with E-state index in [9.17, 15) is 14.4 Å². The Kier molecular flexibility index (Phi) is 5.87. The average molecular weight is 396 g/mol. The van der Waals surface area contributed by atoms with Crippen molar-refractivity contribution in [3.8, 4) is 11.5 Å². The second-order valence-corrected chi connectivity index (χ2v) is 7.13. The zero-order chi connectivity index (χ0) is 21.1. The first kappa shape index (κ1) is 20.4. The topological polar surface area (TPSA) is 93.7 Å². The number of ketones is 1. The molecule has 1 aliphatic carbocycles. The lowest BCUT2D eigenvalue weighted by atomic mass is 9.97. The van der Waals surface area contributed by atoms with Gasteiger partial charge in [-0.15, -0.1) is 0 Å². The van der Waals surface area contributed by atoms with Crippen LogP contribution in [0.2, 0.25) is 0 Å². The molecule has 2 amide bonds. The summed E-state index contributed by atoms with van der Waals surface area (Å²) in [4.78, 5) is 36.0. The number of rotatable bonds is 6. The number of fused-ring (bicyclic) bond motifs is 1. The highest BCUT2D eigenvalue weighted by molar-refractivity contribution is 6.04. The first-order valence-electron chi connectivity index (χ1n) is 9.35. The van der Waals surface area contributed by atoms with Gasteiger partial charge in [-0.1, -0.05) is 13.0 Å². The number of Topliss-reactive ketones (excluding diaryl/α,β-unsaturated/α-hetero) is 1. The molecule has 29 heavy (non-hydrogen) atoms. The van der Waals surface area contributed by atoms with E-state index in [0.717, 1.165) is 11.1 Å². The van der Waals surface area contributed by atoms with Gasteiger partial charge in [0.05, 0.1) is 18.4 Å². The molecule has 0 spiro atoms. The smallest absolute Gasteiger partial charge is 0.262 e. The van der Waals surface area contributed by atoms with Crippen LogP contribution in [-0.4, -0.2) is 31.3 Å². The van der Waals surface area contributed by atoms with Crippen molar-refractivity contribution in [3.63, 3.8) is 0 Å². The molecule has 2 N–H and O–H groups in total. The highest BCUT2D eigenvalue weighted by Crippen LogP contribution is 2.40. The molecule has 7 heteroatoms. The Morgan fingerprint density at radius 1 is 1.14 bits per heavy atom. The minimum Gasteiger partial charge on any atom is -0.495 e. The largest absolute Gasteiger partial charge is 0.495 e. The van der Waals surface area contributed by atoms with Gasteiger partial charge in [-0.3, -0.25) is 14.4 Å². The van der Waals surface area contributed by atoms with Gasteiger partial charge in [0.25, 0.3) is 5.91 Å². The molecule has 0 heterocycles. The van der Waals surface area contributed by atoms with E-state index in [1.54, 1.807) is 24.3 Å². The van der Waals surface area contributed by atoms with E-state index in [-0.39, 0.29) is 24.2 Å². The summed E-state index contributed by atoms with van der Waals surface area (Å²) in [7, 11) is 1.49. The molecule has 7 nitrogen and oxygen atoms in total. The highest BCUT2D eigenvalue weighted by atomic mass is 16.5. The van der Waals surface area contributed by atoms with Gasteiger partial charge in [0.15, 0.2) is 12.4 Å². The second kappa shape index (κ2) is 8.34. The Hall–Kier alpha value is -3.35. The SMILES string of the molecule is COc1ccc(NC(C)=O)cc1NC(=O)COc1ccc(C)c2c1C(=O)C[C@H]2C. The van der Waals surface area contributed by atoms with E-state index in [0.29, 0.717) is 34.9 Å². The van der Waals surface area contributed by atoms with Crippen molar-refractivity contribution < 1.29 is 23.9 Å². The predicted molar refractivity (Wildman–Crippen MR) is 110 cm³/mol. The maximum absolute atomic E-state index is 12.4. The van der Waals surface area contributed by atoms with Crippen molar-refractivity contribution in [1.82, 2.24) is 0 Å². The Labute approximate surface area is 169 Å². The summed E-state index contributed by atoms with van der Waals surface area (Å²) in [5.41, 5.74) is 3.57. The zero-order valence-electron chi connectivity index (χ0n) is 16.9. The van der Waals surface area contributed by atoms with Crippen LogP contribution in [0.1, 0.15) is 47.7 Å². The van der Waals surface area contributed by atoms with Crippen LogP contribution in [0.3, 0.4) is 0 Å². The minimum absolute atomic E-state index is 0.0382. The summed E-state index contributed by atoms with van der Waals surface area (Å²) in [6, 6.07) is 8.56. The van der Waals surface area contributed by atoms with E-state index in [1.807, 2.05) is 19.9 Å². The molecule has 0 aliphatic heterocycles. The number of anilines is 2. The van der Waals surface area contributed by atoms with Gasteiger partial charge in [0.2, 0.25) is 5.91 Å². The molecule has 0 aromatic heterocycles. The Bertz CT molecular complexity index is 983. The van der Waals surface area contributed by atoms with Gasteiger partial charge in [-0.25, -0.2) is 0 Å². The Morgan fingerprint density at radius 3 is 2.55 bits per heavy atom. The van der Waals surface area contributed by atoms with Crippen molar-refractivity contribution in [2.75, 3.05) is 24.4 Å². The quantitative estimate of drug-likeness (QED) is 0.777. The lowest BCUT2D eigenvalue weighted by molar-refractivity contribution is -0.118. The van der Waals surface area contributed by atoms with Gasteiger partial charge < -0.3 is 20.1 Å². The summed E-state index contributed by atoms with van der Waals surface area (Å²) in [5.74, 6) is 0.438. The predicted octanol–water partition coefficient (Wildman–Crippen LogP) is 3.67. The molecule has 0 saturated heterocycles. The fourth-order valence-corrected chi connectivity index (χ4v) is 3.65. The van der Waals surface area contributed by atoms with Crippen molar-refractivity contribution in [1.29, 1.82) is 0 Å². The van der Waals surface area contributed by atoms with Crippen LogP contribution in [0.25, 0.3) is 0 Å². The third-order valence-corrected chi connectivity index (χ3v) is 4.84. The van der Waals surface area contributed by atoms with Crippen LogP contribution in [0, 0.1) is 6.92 Å². The number of ether oxygens (including phenoxy) is 2. The summed E-state index contributed by atoms with van der Waals surface area (Å²) >= 11 is 0. The summed E-state index contributed by atoms with van der Waals surface area (Å²) in [6.45, 7) is 5.13. The molecule has 0 bridgehead atoms. The first-order valence-corrected chi connectivity index (χ1v) is 9.35. The van der Waals surface area contributed by atoms with Gasteiger partial charge >= 0.3 is 0 Å². The van der Waals surface area contributed by atoms with Crippen LogP contribution in [-0.2, 0) is 9.59 Å². The van der Waals surface area contributed by atoms with E-state index >= 15 is 0 Å². The van der Waals surface area contributed by atoms with Crippen LogP contribution in [0.15, 0.2) is 30.3 Å². The van der Waals surface area contributed by atoms with Crippen LogP contribution in [0.5, 0.6) is 11.5 Å². The van der Waals surface area contributed by atoms with Gasteiger partial charge in [-0.05, 0) is 48.2 Å². The average Bonchev–Trinajstić information content (AvgIpc) is 2.96. The molecule has 0 radical (unpaired) electrons. The monoisotopic (exact) mass is 396 g/mol. The number of amides is 2. The Morgan fingerprint density at radius 2 is 1.86 bits per heavy atom. The van der Waals surface area contributed by atoms with Crippen molar-refractivity contribution in [3.05, 3.63) is 47.0 Å². The van der Waals surface area contributed by atoms with Crippen molar-refractivity contribution in [2.45, 2.75) is 33.1 Å². The molecule has 1 aliphatic rings. The molecular weight excluding hydrogens is 372 g/mol. The standard InChI is InChI=1S/C22H24N2O5/c1-12-5-7-19(22-17(26)9-13(2)21(12)22)29-11-20(27)24-16-10-15(23-14(3)25)6-8-18(16)28-4/h5-8,10,13H,9,11H2,1-4H3,(H,23,25)(H,24,27)/t13-/m1/s1. The van der Waals surface area contributed by atoms with E-state index in [1.165, 1.54) is 14.0 Å². The van der Waals surface area contributed by atoms with Crippen LogP contribution >= 0.6 is 0 Å². The molecule has 0 fully saturated rings. The highest BCUT2D eigenvalue weighted by Gasteiger charge is 2.31. The van der Waals surface area contributed by atoms with Gasteiger partial charge in [-0.2, -0.15) is 0 Å². The summed E-state index contributed by atoms with van der Waals surface area (Å²) in [5, 5.41) is 5.37. The van der Waals surface area contributed by atoms with Gasteiger partial charge in [0.1, 0.15) is 11.5 Å². The van der Waals surface area contributed by atoms with Crippen molar-refractivity contribution >= 4 is 29.0 Å². The number of nitrogens with one attached hydrogen (secondary N) is 2. The normalized spacial score (nSPS) is 14.9. The van der Waals surface area contributed by atoms with E-state index in [2.05, 4.69) is 10.6 Å². The zero-order valence-corrected chi connectivity index (χ0v) is 16.9. The number of carbonyl (C=O) groups is 3.